The molecule has 0 bridgehead atoms. The van der Waals surface area contributed by atoms with Gasteiger partial charge in [-0.2, -0.15) is 4.99 Å². The molecular weight excluding hydrogens is 376 g/mol. The summed E-state index contributed by atoms with van der Waals surface area (Å²) >= 11 is 1.38. The maximum absolute atomic E-state index is 12.9. The minimum Gasteiger partial charge on any atom is -0.319 e. The molecule has 3 aromatic rings. The van der Waals surface area contributed by atoms with Crippen molar-refractivity contribution >= 4 is 39.4 Å². The second-order valence-corrected chi connectivity index (χ2v) is 7.74. The van der Waals surface area contributed by atoms with E-state index in [1.807, 2.05) is 41.9 Å². The molecule has 2 aromatic carbocycles. The molecule has 1 saturated heterocycles. The van der Waals surface area contributed by atoms with Gasteiger partial charge in [-0.3, -0.25) is 14.5 Å². The summed E-state index contributed by atoms with van der Waals surface area (Å²) in [6, 6.07) is 16.1. The Balaban J connectivity index is 1.60. The lowest BCUT2D eigenvalue weighted by atomic mass is 9.92. The number of para-hydroxylation sites is 1. The molecule has 4 amide bonds. The van der Waals surface area contributed by atoms with Crippen molar-refractivity contribution in [3.8, 4) is 0 Å². The van der Waals surface area contributed by atoms with Crippen LogP contribution in [0.3, 0.4) is 0 Å². The highest BCUT2D eigenvalue weighted by molar-refractivity contribution is 7.16. The van der Waals surface area contributed by atoms with Gasteiger partial charge in [0.25, 0.3) is 11.8 Å². The molecule has 1 fully saturated rings. The first-order valence-electron chi connectivity index (χ1n) is 8.72. The number of thiazole rings is 1. The first kappa shape index (κ1) is 18.1. The molecule has 0 spiro atoms. The SMILES string of the molecule is Cn1c(=NC(=O)CN2C(=O)N[C@](C)(c3ccccc3)C2=O)sc2ccccc21. The molecule has 0 unspecified atom stereocenters. The highest BCUT2D eigenvalue weighted by Crippen LogP contribution is 2.28. The number of urea groups is 1. The number of rotatable bonds is 3. The summed E-state index contributed by atoms with van der Waals surface area (Å²) in [5.41, 5.74) is 0.433. The molecule has 28 heavy (non-hydrogen) atoms. The fourth-order valence-corrected chi connectivity index (χ4v) is 4.31. The van der Waals surface area contributed by atoms with Gasteiger partial charge in [-0.15, -0.1) is 0 Å². The van der Waals surface area contributed by atoms with Gasteiger partial charge in [-0.05, 0) is 24.6 Å². The molecule has 4 rings (SSSR count). The van der Waals surface area contributed by atoms with Crippen molar-refractivity contribution in [3.63, 3.8) is 0 Å². The number of imide groups is 1. The second kappa shape index (κ2) is 6.72. The van der Waals surface area contributed by atoms with Crippen LogP contribution in [0, 0.1) is 0 Å². The molecule has 7 nitrogen and oxygen atoms in total. The van der Waals surface area contributed by atoms with Crippen LogP contribution in [0.1, 0.15) is 12.5 Å². The lowest BCUT2D eigenvalue weighted by Crippen LogP contribution is -2.41. The van der Waals surface area contributed by atoms with E-state index in [0.29, 0.717) is 10.4 Å². The Bertz CT molecular complexity index is 1160. The Hall–Kier alpha value is -3.26. The van der Waals surface area contributed by atoms with Gasteiger partial charge in [0.15, 0.2) is 4.80 Å². The second-order valence-electron chi connectivity index (χ2n) is 6.73. The average molecular weight is 394 g/mol. The fourth-order valence-electron chi connectivity index (χ4n) is 3.27. The van der Waals surface area contributed by atoms with E-state index in [2.05, 4.69) is 10.3 Å². The first-order valence-corrected chi connectivity index (χ1v) is 9.53. The molecule has 0 radical (unpaired) electrons. The average Bonchev–Trinajstić information content (AvgIpc) is 3.12. The molecule has 1 atom stereocenters. The summed E-state index contributed by atoms with van der Waals surface area (Å²) in [4.78, 5) is 43.3. The van der Waals surface area contributed by atoms with Gasteiger partial charge < -0.3 is 9.88 Å². The lowest BCUT2D eigenvalue weighted by molar-refractivity contribution is -0.134. The van der Waals surface area contributed by atoms with E-state index in [4.69, 9.17) is 0 Å². The Labute approximate surface area is 164 Å². The number of aryl methyl sites for hydroxylation is 1. The summed E-state index contributed by atoms with van der Waals surface area (Å²) in [5, 5.41) is 2.69. The van der Waals surface area contributed by atoms with Crippen molar-refractivity contribution in [2.45, 2.75) is 12.5 Å². The van der Waals surface area contributed by atoms with Crippen LogP contribution in [0.5, 0.6) is 0 Å². The standard InChI is InChI=1S/C20H18N4O3S/c1-20(13-8-4-3-5-9-13)17(26)24(18(27)22-20)12-16(25)21-19-23(2)14-10-6-7-11-15(14)28-19/h3-11H,12H2,1-2H3,(H,22,27)/t20-/m1/s1. The van der Waals surface area contributed by atoms with E-state index in [1.165, 1.54) is 11.3 Å². The van der Waals surface area contributed by atoms with Gasteiger partial charge in [-0.1, -0.05) is 53.8 Å². The van der Waals surface area contributed by atoms with Crippen molar-refractivity contribution in [3.05, 3.63) is 65.0 Å². The molecule has 2 heterocycles. The zero-order valence-corrected chi connectivity index (χ0v) is 16.2. The number of benzene rings is 2. The monoisotopic (exact) mass is 394 g/mol. The predicted molar refractivity (Wildman–Crippen MR) is 105 cm³/mol. The summed E-state index contributed by atoms with van der Waals surface area (Å²) < 4.78 is 2.82. The number of hydrogen-bond donors (Lipinski definition) is 1. The van der Waals surface area contributed by atoms with Crippen molar-refractivity contribution in [1.82, 2.24) is 14.8 Å². The molecule has 0 aliphatic carbocycles. The third kappa shape index (κ3) is 2.91. The smallest absolute Gasteiger partial charge is 0.319 e. The van der Waals surface area contributed by atoms with E-state index < -0.39 is 29.9 Å². The number of hydrogen-bond acceptors (Lipinski definition) is 4. The van der Waals surface area contributed by atoms with Crippen LogP contribution in [-0.4, -0.2) is 33.9 Å². The number of carbonyl (C=O) groups is 3. The van der Waals surface area contributed by atoms with Crippen LogP contribution in [0.4, 0.5) is 4.79 Å². The first-order chi connectivity index (χ1) is 13.4. The molecular formula is C20H18N4O3S. The molecule has 142 valence electrons. The topological polar surface area (TPSA) is 83.8 Å². The van der Waals surface area contributed by atoms with Crippen LogP contribution in [-0.2, 0) is 22.2 Å². The molecule has 8 heteroatoms. The van der Waals surface area contributed by atoms with Crippen molar-refractivity contribution in [2.24, 2.45) is 12.0 Å². The Morgan fingerprint density at radius 1 is 1.11 bits per heavy atom. The molecule has 0 saturated carbocycles. The van der Waals surface area contributed by atoms with Gasteiger partial charge in [0, 0.05) is 7.05 Å². The minimum absolute atomic E-state index is 0.401. The highest BCUT2D eigenvalue weighted by Gasteiger charge is 2.49. The maximum Gasteiger partial charge on any atom is 0.325 e. The third-order valence-corrected chi connectivity index (χ3v) is 5.97. The van der Waals surface area contributed by atoms with E-state index in [9.17, 15) is 14.4 Å². The lowest BCUT2D eigenvalue weighted by Gasteiger charge is -2.21. The third-order valence-electron chi connectivity index (χ3n) is 4.85. The van der Waals surface area contributed by atoms with Crippen LogP contribution in [0.25, 0.3) is 10.2 Å². The number of nitrogens with one attached hydrogen (secondary N) is 1. The summed E-state index contributed by atoms with van der Waals surface area (Å²) in [6.07, 6.45) is 0. The zero-order valence-electron chi connectivity index (χ0n) is 15.4. The Morgan fingerprint density at radius 2 is 1.79 bits per heavy atom. The highest BCUT2D eigenvalue weighted by atomic mass is 32.1. The van der Waals surface area contributed by atoms with Gasteiger partial charge in [-0.25, -0.2) is 4.79 Å². The largest absolute Gasteiger partial charge is 0.325 e. The number of nitrogens with zero attached hydrogens (tertiary/aromatic N) is 3. The fraction of sp³-hybridized carbons (Fsp3) is 0.200. The minimum atomic E-state index is -1.19. The van der Waals surface area contributed by atoms with E-state index in [1.54, 1.807) is 31.2 Å². The maximum atomic E-state index is 12.9. The van der Waals surface area contributed by atoms with Crippen LogP contribution in [0.15, 0.2) is 59.6 Å². The quantitative estimate of drug-likeness (QED) is 0.691. The van der Waals surface area contributed by atoms with Gasteiger partial charge in [0.2, 0.25) is 0 Å². The van der Waals surface area contributed by atoms with E-state index in [-0.39, 0.29) is 0 Å². The molecule has 1 aliphatic rings. The number of carbonyl (C=O) groups excluding carboxylic acids is 3. The summed E-state index contributed by atoms with van der Waals surface area (Å²) in [5.74, 6) is -1.02. The summed E-state index contributed by atoms with van der Waals surface area (Å²) in [7, 11) is 1.82. The molecule has 1 aromatic heterocycles. The number of fused-ring (bicyclic) bond motifs is 1. The van der Waals surface area contributed by atoms with Crippen LogP contribution in [0.2, 0.25) is 0 Å². The molecule has 1 N–H and O–H groups in total. The summed E-state index contributed by atoms with van der Waals surface area (Å²) in [6.45, 7) is 1.23. The van der Waals surface area contributed by atoms with Crippen LogP contribution < -0.4 is 10.1 Å². The van der Waals surface area contributed by atoms with Crippen LogP contribution >= 0.6 is 11.3 Å². The Morgan fingerprint density at radius 3 is 2.50 bits per heavy atom. The number of amides is 4. The van der Waals surface area contributed by atoms with E-state index in [0.717, 1.165) is 15.1 Å². The van der Waals surface area contributed by atoms with Gasteiger partial charge in [0.1, 0.15) is 12.1 Å². The Kier molecular flexibility index (Phi) is 4.35. The zero-order chi connectivity index (χ0) is 19.9. The van der Waals surface area contributed by atoms with Gasteiger partial charge >= 0.3 is 6.03 Å². The molecule has 1 aliphatic heterocycles. The van der Waals surface area contributed by atoms with Gasteiger partial charge in [0.05, 0.1) is 10.2 Å². The normalized spacial score (nSPS) is 20.1. The predicted octanol–water partition coefficient (Wildman–Crippen LogP) is 2.13. The van der Waals surface area contributed by atoms with Crippen molar-refractivity contribution < 1.29 is 14.4 Å². The van der Waals surface area contributed by atoms with Crippen molar-refractivity contribution in [2.75, 3.05) is 6.54 Å². The van der Waals surface area contributed by atoms with E-state index >= 15 is 0 Å². The van der Waals surface area contributed by atoms with Crippen molar-refractivity contribution in [1.29, 1.82) is 0 Å². The number of aromatic nitrogens is 1.